The number of nitrogens with zero attached hydrogens (tertiary/aromatic N) is 4. The van der Waals surface area contributed by atoms with Crippen molar-refractivity contribution in [3.05, 3.63) is 60.3 Å². The second-order valence-corrected chi connectivity index (χ2v) is 10.8. The minimum absolute atomic E-state index is 0.0171. The molecular formula is C24H28N4O3S. The molecule has 0 saturated carbocycles. The van der Waals surface area contributed by atoms with E-state index in [1.807, 2.05) is 49.7 Å². The van der Waals surface area contributed by atoms with Crippen molar-refractivity contribution in [3.63, 3.8) is 0 Å². The third kappa shape index (κ3) is 4.07. The van der Waals surface area contributed by atoms with Crippen molar-refractivity contribution >= 4 is 26.8 Å². The van der Waals surface area contributed by atoms with Crippen molar-refractivity contribution in [2.24, 2.45) is 0 Å². The number of rotatable bonds is 6. The minimum Gasteiger partial charge on any atom is -0.331 e. The number of amides is 1. The zero-order valence-electron chi connectivity index (χ0n) is 18.7. The summed E-state index contributed by atoms with van der Waals surface area (Å²) in [7, 11) is -3.14. The lowest BCUT2D eigenvalue weighted by molar-refractivity contribution is 0.0722. The molecule has 0 spiro atoms. The molecule has 0 aliphatic carbocycles. The molecule has 2 aromatic heterocycles. The first-order valence-corrected chi connectivity index (χ1v) is 12.6. The van der Waals surface area contributed by atoms with Crippen LogP contribution < -0.4 is 0 Å². The van der Waals surface area contributed by atoms with Gasteiger partial charge in [0.2, 0.25) is 0 Å². The second kappa shape index (κ2) is 8.50. The third-order valence-corrected chi connectivity index (χ3v) is 7.69. The number of aromatic nitrogens is 3. The van der Waals surface area contributed by atoms with Gasteiger partial charge in [-0.25, -0.2) is 18.1 Å². The van der Waals surface area contributed by atoms with E-state index in [9.17, 15) is 13.2 Å². The van der Waals surface area contributed by atoms with Gasteiger partial charge in [0.15, 0.2) is 15.5 Å². The summed E-state index contributed by atoms with van der Waals surface area (Å²) >= 11 is 0. The largest absolute Gasteiger partial charge is 0.331 e. The van der Waals surface area contributed by atoms with Crippen LogP contribution in [0.15, 0.2) is 49.2 Å². The second-order valence-electron chi connectivity index (χ2n) is 8.59. The van der Waals surface area contributed by atoms with Gasteiger partial charge in [-0.3, -0.25) is 4.79 Å². The molecule has 0 bridgehead atoms. The Balaban J connectivity index is 1.89. The molecule has 8 heteroatoms. The van der Waals surface area contributed by atoms with Crippen LogP contribution >= 0.6 is 0 Å². The van der Waals surface area contributed by atoms with E-state index in [1.165, 1.54) is 0 Å². The highest BCUT2D eigenvalue weighted by Crippen LogP contribution is 2.30. The lowest BCUT2D eigenvalue weighted by atomic mass is 10.0. The van der Waals surface area contributed by atoms with Gasteiger partial charge in [-0.15, -0.1) is 6.58 Å². The van der Waals surface area contributed by atoms with Gasteiger partial charge in [0.05, 0.1) is 34.3 Å². The molecule has 1 aromatic carbocycles. The molecule has 1 unspecified atom stereocenters. The lowest BCUT2D eigenvalue weighted by Gasteiger charge is -2.27. The average molecular weight is 453 g/mol. The van der Waals surface area contributed by atoms with Gasteiger partial charge >= 0.3 is 0 Å². The quantitative estimate of drug-likeness (QED) is 0.531. The summed E-state index contributed by atoms with van der Waals surface area (Å²) in [5.74, 6) is -0.140. The number of carbonyl (C=O) groups excluding carboxylic acids is 1. The van der Waals surface area contributed by atoms with Gasteiger partial charge in [-0.1, -0.05) is 30.3 Å². The van der Waals surface area contributed by atoms with Gasteiger partial charge in [0.1, 0.15) is 0 Å². The smallest absolute Gasteiger partial charge is 0.255 e. The Morgan fingerprint density at radius 2 is 2.09 bits per heavy atom. The Bertz CT molecular complexity index is 1290. The number of sulfone groups is 1. The minimum atomic E-state index is -3.14. The van der Waals surface area contributed by atoms with Gasteiger partial charge in [-0.05, 0) is 38.8 Å². The van der Waals surface area contributed by atoms with Crippen LogP contribution in [0, 0.1) is 6.92 Å². The Hall–Kier alpha value is -3.00. The highest BCUT2D eigenvalue weighted by Gasteiger charge is 2.35. The fourth-order valence-electron chi connectivity index (χ4n) is 4.28. The van der Waals surface area contributed by atoms with Gasteiger partial charge in [-0.2, -0.15) is 5.10 Å². The summed E-state index contributed by atoms with van der Waals surface area (Å²) in [6.07, 6.45) is 3.75. The summed E-state index contributed by atoms with van der Waals surface area (Å²) in [6, 6.07) is 9.42. The van der Waals surface area contributed by atoms with Gasteiger partial charge in [0, 0.05) is 24.2 Å². The Morgan fingerprint density at radius 1 is 1.34 bits per heavy atom. The molecule has 1 aliphatic rings. The van der Waals surface area contributed by atoms with E-state index in [0.29, 0.717) is 28.7 Å². The molecule has 1 saturated heterocycles. The Kier molecular flexibility index (Phi) is 5.90. The highest BCUT2D eigenvalue weighted by molar-refractivity contribution is 7.91. The maximum atomic E-state index is 13.8. The average Bonchev–Trinajstić information content (AvgIpc) is 3.34. The summed E-state index contributed by atoms with van der Waals surface area (Å²) < 4.78 is 26.0. The SMILES string of the molecule is C=CCN(C(=O)c1cc(-c2ccccc2C)nc2c1cnn2C(C)C)C1CCS(=O)(=O)C1. The molecule has 1 aliphatic heterocycles. The summed E-state index contributed by atoms with van der Waals surface area (Å²) in [5.41, 5.74) is 3.81. The molecule has 32 heavy (non-hydrogen) atoms. The molecule has 0 N–H and O–H groups in total. The molecule has 4 rings (SSSR count). The van der Waals surface area contributed by atoms with E-state index < -0.39 is 9.84 Å². The molecule has 7 nitrogen and oxygen atoms in total. The van der Waals surface area contributed by atoms with E-state index in [1.54, 1.807) is 23.2 Å². The van der Waals surface area contributed by atoms with Crippen LogP contribution in [0.3, 0.4) is 0 Å². The lowest BCUT2D eigenvalue weighted by Crippen LogP contribution is -2.41. The van der Waals surface area contributed by atoms with Crippen LogP contribution in [-0.2, 0) is 9.84 Å². The predicted octanol–water partition coefficient (Wildman–Crippen LogP) is 3.80. The summed E-state index contributed by atoms with van der Waals surface area (Å²) in [4.78, 5) is 20.3. The molecule has 0 radical (unpaired) electrons. The normalized spacial score (nSPS) is 17.7. The van der Waals surface area contributed by atoms with Crippen molar-refractivity contribution in [1.29, 1.82) is 0 Å². The molecule has 168 valence electrons. The molecule has 3 aromatic rings. The zero-order valence-corrected chi connectivity index (χ0v) is 19.5. The first-order chi connectivity index (χ1) is 15.2. The zero-order chi connectivity index (χ0) is 23.0. The van der Waals surface area contributed by atoms with Gasteiger partial charge in [0.25, 0.3) is 5.91 Å². The van der Waals surface area contributed by atoms with E-state index >= 15 is 0 Å². The number of benzene rings is 1. The first-order valence-electron chi connectivity index (χ1n) is 10.8. The van der Waals surface area contributed by atoms with E-state index in [4.69, 9.17) is 4.98 Å². The number of fused-ring (bicyclic) bond motifs is 1. The van der Waals surface area contributed by atoms with Crippen molar-refractivity contribution in [1.82, 2.24) is 19.7 Å². The maximum absolute atomic E-state index is 13.8. The van der Waals surface area contributed by atoms with Crippen LogP contribution in [0.2, 0.25) is 0 Å². The van der Waals surface area contributed by atoms with Crippen LogP contribution in [0.5, 0.6) is 0 Å². The summed E-state index contributed by atoms with van der Waals surface area (Å²) in [5, 5.41) is 5.15. The highest BCUT2D eigenvalue weighted by atomic mass is 32.2. The van der Waals surface area contributed by atoms with Crippen LogP contribution in [0.4, 0.5) is 0 Å². The third-order valence-electron chi connectivity index (χ3n) is 5.94. The van der Waals surface area contributed by atoms with Crippen molar-refractivity contribution in [2.45, 2.75) is 39.3 Å². The molecule has 1 atom stereocenters. The van der Waals surface area contributed by atoms with Crippen molar-refractivity contribution in [2.75, 3.05) is 18.1 Å². The number of hydrogen-bond acceptors (Lipinski definition) is 5. The fraction of sp³-hybridized carbons (Fsp3) is 0.375. The van der Waals surface area contributed by atoms with E-state index in [0.717, 1.165) is 11.1 Å². The van der Waals surface area contributed by atoms with Crippen molar-refractivity contribution < 1.29 is 13.2 Å². The van der Waals surface area contributed by atoms with E-state index in [-0.39, 0.29) is 36.0 Å². The fourth-order valence-corrected chi connectivity index (χ4v) is 6.01. The standard InChI is InChI=1S/C24H28N4O3S/c1-5-11-27(18-10-12-32(30,31)15-18)24(29)20-13-22(19-9-7-6-8-17(19)4)26-23-21(20)14-25-28(23)16(2)3/h5-9,13-14,16,18H,1,10-12,15H2,2-4H3. The first kappa shape index (κ1) is 22.2. The molecular weight excluding hydrogens is 424 g/mol. The van der Waals surface area contributed by atoms with Crippen molar-refractivity contribution in [3.8, 4) is 11.3 Å². The number of carbonyl (C=O) groups is 1. The number of aryl methyl sites for hydroxylation is 1. The Labute approximate surface area is 188 Å². The predicted molar refractivity (Wildman–Crippen MR) is 126 cm³/mol. The van der Waals surface area contributed by atoms with Crippen LogP contribution in [-0.4, -0.2) is 58.1 Å². The Morgan fingerprint density at radius 3 is 2.72 bits per heavy atom. The molecule has 1 amide bonds. The number of pyridine rings is 1. The van der Waals surface area contributed by atoms with Crippen LogP contribution in [0.25, 0.3) is 22.3 Å². The molecule has 1 fully saturated rings. The summed E-state index contributed by atoms with van der Waals surface area (Å²) in [6.45, 7) is 10.1. The van der Waals surface area contributed by atoms with Gasteiger partial charge < -0.3 is 4.90 Å². The topological polar surface area (TPSA) is 85.2 Å². The molecule has 3 heterocycles. The monoisotopic (exact) mass is 452 g/mol. The van der Waals surface area contributed by atoms with Crippen LogP contribution in [0.1, 0.15) is 42.2 Å². The van der Waals surface area contributed by atoms with E-state index in [2.05, 4.69) is 11.7 Å². The number of hydrogen-bond donors (Lipinski definition) is 0. The maximum Gasteiger partial charge on any atom is 0.255 e.